The van der Waals surface area contributed by atoms with Crippen LogP contribution in [0.25, 0.3) is 0 Å². The topological polar surface area (TPSA) is 84.9 Å². The largest absolute Gasteiger partial charge is 0.479 e. The lowest BCUT2D eigenvalue weighted by Gasteiger charge is -2.65. The Labute approximate surface area is 141 Å². The van der Waals surface area contributed by atoms with Gasteiger partial charge in [0.25, 0.3) is 0 Å². The van der Waals surface area contributed by atoms with Crippen molar-refractivity contribution < 1.29 is 24.2 Å². The molecule has 3 atom stereocenters. The molecule has 1 aromatic carbocycles. The predicted molar refractivity (Wildman–Crippen MR) is 86.4 cm³/mol. The van der Waals surface area contributed by atoms with Crippen LogP contribution in [-0.4, -0.2) is 35.4 Å². The van der Waals surface area contributed by atoms with Crippen LogP contribution in [0, 0.1) is 11.3 Å². The summed E-state index contributed by atoms with van der Waals surface area (Å²) in [6.45, 7) is 4.39. The fraction of sp³-hybridized carbons (Fsp3) is 0.556. The summed E-state index contributed by atoms with van der Waals surface area (Å²) in [5.41, 5.74) is -1.20. The van der Waals surface area contributed by atoms with Crippen molar-refractivity contribution in [1.29, 1.82) is 0 Å². The molecule has 130 valence electrons. The van der Waals surface area contributed by atoms with Crippen LogP contribution in [0.4, 0.5) is 4.79 Å². The zero-order valence-corrected chi connectivity index (χ0v) is 14.0. The molecule has 2 N–H and O–H groups in total. The summed E-state index contributed by atoms with van der Waals surface area (Å²) < 4.78 is 11.0. The number of carboxylic acid groups (broad SMARTS) is 1. The molecule has 1 amide bonds. The van der Waals surface area contributed by atoms with E-state index in [0.717, 1.165) is 18.4 Å². The highest BCUT2D eigenvalue weighted by molar-refractivity contribution is 5.88. The van der Waals surface area contributed by atoms with Crippen molar-refractivity contribution in [2.24, 2.45) is 11.3 Å². The molecule has 6 nitrogen and oxygen atoms in total. The summed E-state index contributed by atoms with van der Waals surface area (Å²) in [7, 11) is 0. The molecular weight excluding hydrogens is 310 g/mol. The zero-order chi connectivity index (χ0) is 17.4. The van der Waals surface area contributed by atoms with Crippen molar-refractivity contribution in [1.82, 2.24) is 5.32 Å². The Kier molecular flexibility index (Phi) is 4.25. The Morgan fingerprint density at radius 1 is 1.33 bits per heavy atom. The van der Waals surface area contributed by atoms with E-state index in [2.05, 4.69) is 5.32 Å². The second-order valence-electron chi connectivity index (χ2n) is 7.06. The van der Waals surface area contributed by atoms with Gasteiger partial charge in [-0.15, -0.1) is 0 Å². The third kappa shape index (κ3) is 2.45. The Bertz CT molecular complexity index is 630. The Hall–Kier alpha value is -2.08. The first-order valence-electron chi connectivity index (χ1n) is 8.23. The summed E-state index contributed by atoms with van der Waals surface area (Å²) in [5, 5.41) is 12.5. The molecule has 0 aromatic heterocycles. The minimum atomic E-state index is -1.36. The molecule has 6 heteroatoms. The standard InChI is InChI=1S/C18H23NO5/c1-17(2)14-13(9-6-10-23-14)18(17,15(20)21)19-16(22)24-11-12-7-4-3-5-8-12/h3-5,7-8,13-14H,6,9-11H2,1-2H3,(H,19,22)(H,20,21). The van der Waals surface area contributed by atoms with Crippen LogP contribution in [0.1, 0.15) is 32.3 Å². The smallest absolute Gasteiger partial charge is 0.408 e. The SMILES string of the molecule is CC1(C)C2OCCCC2C1(NC(=O)OCc1ccccc1)C(=O)O. The summed E-state index contributed by atoms with van der Waals surface area (Å²) in [6.07, 6.45) is 0.655. The molecule has 0 spiro atoms. The molecule has 0 bridgehead atoms. The van der Waals surface area contributed by atoms with E-state index in [1.54, 1.807) is 0 Å². The van der Waals surface area contributed by atoms with E-state index in [1.165, 1.54) is 0 Å². The number of alkyl carbamates (subject to hydrolysis) is 1. The number of ether oxygens (including phenoxy) is 2. The van der Waals surface area contributed by atoms with Crippen molar-refractivity contribution >= 4 is 12.1 Å². The van der Waals surface area contributed by atoms with Crippen LogP contribution in [0.2, 0.25) is 0 Å². The number of aliphatic carboxylic acids is 1. The summed E-state index contributed by atoms with van der Waals surface area (Å²) in [5.74, 6) is -1.26. The molecular formula is C18H23NO5. The first-order valence-corrected chi connectivity index (χ1v) is 8.23. The van der Waals surface area contributed by atoms with E-state index in [4.69, 9.17) is 9.47 Å². The van der Waals surface area contributed by atoms with Gasteiger partial charge in [-0.25, -0.2) is 9.59 Å². The second-order valence-corrected chi connectivity index (χ2v) is 7.06. The molecule has 1 saturated carbocycles. The van der Waals surface area contributed by atoms with Crippen LogP contribution < -0.4 is 5.32 Å². The molecule has 1 saturated heterocycles. The minimum absolute atomic E-state index is 0.105. The summed E-state index contributed by atoms with van der Waals surface area (Å²) >= 11 is 0. The van der Waals surface area contributed by atoms with Crippen molar-refractivity contribution in [3.8, 4) is 0 Å². The Morgan fingerprint density at radius 3 is 2.71 bits per heavy atom. The van der Waals surface area contributed by atoms with E-state index in [1.807, 2.05) is 44.2 Å². The van der Waals surface area contributed by atoms with Gasteiger partial charge in [0, 0.05) is 17.9 Å². The zero-order valence-electron chi connectivity index (χ0n) is 14.0. The molecule has 3 unspecified atom stereocenters. The second kappa shape index (κ2) is 6.09. The number of fused-ring (bicyclic) bond motifs is 1. The molecule has 1 aliphatic carbocycles. The number of carboxylic acids is 1. The Balaban J connectivity index is 1.72. The van der Waals surface area contributed by atoms with E-state index < -0.39 is 23.0 Å². The fourth-order valence-corrected chi connectivity index (χ4v) is 4.20. The number of benzene rings is 1. The maximum atomic E-state index is 12.3. The lowest BCUT2D eigenvalue weighted by molar-refractivity contribution is -0.241. The number of hydrogen-bond acceptors (Lipinski definition) is 4. The predicted octanol–water partition coefficient (Wildman–Crippen LogP) is 2.57. The average Bonchev–Trinajstić information content (AvgIpc) is 2.58. The minimum Gasteiger partial charge on any atom is -0.479 e. The molecule has 24 heavy (non-hydrogen) atoms. The molecule has 0 radical (unpaired) electrons. The quantitative estimate of drug-likeness (QED) is 0.884. The molecule has 1 aliphatic heterocycles. The van der Waals surface area contributed by atoms with E-state index in [0.29, 0.717) is 6.61 Å². The third-order valence-corrected chi connectivity index (χ3v) is 5.46. The number of rotatable bonds is 4. The van der Waals surface area contributed by atoms with E-state index >= 15 is 0 Å². The first-order chi connectivity index (χ1) is 11.4. The van der Waals surface area contributed by atoms with E-state index in [9.17, 15) is 14.7 Å². The number of carbonyl (C=O) groups excluding carboxylic acids is 1. The highest BCUT2D eigenvalue weighted by atomic mass is 16.5. The number of nitrogens with one attached hydrogen (secondary N) is 1. The summed E-state index contributed by atoms with van der Waals surface area (Å²) in [6, 6.07) is 9.28. The first kappa shape index (κ1) is 16.8. The molecule has 2 aliphatic rings. The highest BCUT2D eigenvalue weighted by Gasteiger charge is 2.73. The van der Waals surface area contributed by atoms with E-state index in [-0.39, 0.29) is 18.6 Å². The molecule has 2 fully saturated rings. The average molecular weight is 333 g/mol. The van der Waals surface area contributed by atoms with Crippen molar-refractivity contribution in [3.63, 3.8) is 0 Å². The number of amides is 1. The van der Waals surface area contributed by atoms with Gasteiger partial charge in [-0.05, 0) is 18.4 Å². The maximum absolute atomic E-state index is 12.3. The van der Waals surface area contributed by atoms with Crippen LogP contribution >= 0.6 is 0 Å². The lowest BCUT2D eigenvalue weighted by Crippen LogP contribution is -2.82. The van der Waals surface area contributed by atoms with Crippen molar-refractivity contribution in [2.75, 3.05) is 6.61 Å². The van der Waals surface area contributed by atoms with Gasteiger partial charge in [-0.2, -0.15) is 0 Å². The molecule has 1 heterocycles. The number of carbonyl (C=O) groups is 2. The van der Waals surface area contributed by atoms with Gasteiger partial charge >= 0.3 is 12.1 Å². The number of hydrogen-bond donors (Lipinski definition) is 2. The van der Waals surface area contributed by atoms with Crippen LogP contribution in [0.3, 0.4) is 0 Å². The fourth-order valence-electron chi connectivity index (χ4n) is 4.20. The van der Waals surface area contributed by atoms with Crippen LogP contribution in [-0.2, 0) is 20.9 Å². The van der Waals surface area contributed by atoms with Gasteiger partial charge < -0.3 is 19.9 Å². The van der Waals surface area contributed by atoms with Gasteiger partial charge in [-0.1, -0.05) is 44.2 Å². The molecule has 3 rings (SSSR count). The summed E-state index contributed by atoms with van der Waals surface area (Å²) in [4.78, 5) is 24.3. The normalized spacial score (nSPS) is 30.6. The van der Waals surface area contributed by atoms with Gasteiger partial charge in [0.15, 0.2) is 5.54 Å². The van der Waals surface area contributed by atoms with Gasteiger partial charge in [-0.3, -0.25) is 0 Å². The van der Waals surface area contributed by atoms with Gasteiger partial charge in [0.1, 0.15) is 6.61 Å². The maximum Gasteiger partial charge on any atom is 0.408 e. The van der Waals surface area contributed by atoms with Crippen molar-refractivity contribution in [3.05, 3.63) is 35.9 Å². The third-order valence-electron chi connectivity index (χ3n) is 5.46. The molecule has 1 aromatic rings. The van der Waals surface area contributed by atoms with Crippen LogP contribution in [0.15, 0.2) is 30.3 Å². The van der Waals surface area contributed by atoms with Crippen molar-refractivity contribution in [2.45, 2.75) is 44.9 Å². The van der Waals surface area contributed by atoms with Crippen LogP contribution in [0.5, 0.6) is 0 Å². The van der Waals surface area contributed by atoms with Gasteiger partial charge in [0.2, 0.25) is 0 Å². The lowest BCUT2D eigenvalue weighted by atomic mass is 9.46. The monoisotopic (exact) mass is 333 g/mol. The van der Waals surface area contributed by atoms with Gasteiger partial charge in [0.05, 0.1) is 6.10 Å². The highest BCUT2D eigenvalue weighted by Crippen LogP contribution is 2.58. The Morgan fingerprint density at radius 2 is 2.04 bits per heavy atom.